The minimum Gasteiger partial charge on any atom is -0.424 e. The van der Waals surface area contributed by atoms with Gasteiger partial charge in [-0.25, -0.2) is 8.42 Å². The molecule has 0 amide bonds. The molecule has 28 heavy (non-hydrogen) atoms. The number of carbonyl (C=O) groups excluding carboxylic acids is 1. The smallest absolute Gasteiger partial charge is 0.314 e. The van der Waals surface area contributed by atoms with Crippen molar-refractivity contribution in [2.24, 2.45) is 5.92 Å². The minimum absolute atomic E-state index is 0.276. The average Bonchev–Trinajstić information content (AvgIpc) is 2.75. The Morgan fingerprint density at radius 3 is 2.43 bits per heavy atom. The molecule has 0 spiro atoms. The molecule has 4 rings (SSSR count). The molecule has 0 unspecified atom stereocenters. The molecule has 0 aliphatic carbocycles. The van der Waals surface area contributed by atoms with Crippen LogP contribution in [-0.2, 0) is 14.8 Å². The van der Waals surface area contributed by atoms with Gasteiger partial charge in [-0.05, 0) is 37.1 Å². The maximum absolute atomic E-state index is 12.7. The lowest BCUT2D eigenvalue weighted by Gasteiger charge is -2.30. The van der Waals surface area contributed by atoms with Crippen molar-refractivity contribution in [2.75, 3.05) is 13.1 Å². The Labute approximate surface area is 163 Å². The number of aromatic nitrogens is 1. The third-order valence-electron chi connectivity index (χ3n) is 4.97. The third-order valence-corrected chi connectivity index (χ3v) is 6.89. The third kappa shape index (κ3) is 3.63. The molecule has 0 N–H and O–H groups in total. The lowest BCUT2D eigenvalue weighted by Crippen LogP contribution is -2.41. The number of pyridine rings is 1. The van der Waals surface area contributed by atoms with Gasteiger partial charge in [0, 0.05) is 24.7 Å². The molecule has 3 aromatic rings. The molecular formula is C21H20N2O4S. The highest BCUT2D eigenvalue weighted by atomic mass is 32.2. The Balaban J connectivity index is 1.43. The molecular weight excluding hydrogens is 376 g/mol. The van der Waals surface area contributed by atoms with Crippen molar-refractivity contribution in [2.45, 2.75) is 17.7 Å². The maximum atomic E-state index is 12.7. The highest BCUT2D eigenvalue weighted by molar-refractivity contribution is 7.89. The zero-order chi connectivity index (χ0) is 19.6. The number of benzene rings is 2. The van der Waals surface area contributed by atoms with E-state index in [4.69, 9.17) is 4.74 Å². The van der Waals surface area contributed by atoms with Gasteiger partial charge >= 0.3 is 5.97 Å². The van der Waals surface area contributed by atoms with Crippen molar-refractivity contribution in [3.63, 3.8) is 0 Å². The van der Waals surface area contributed by atoms with Crippen LogP contribution in [-0.4, -0.2) is 36.8 Å². The van der Waals surface area contributed by atoms with Gasteiger partial charge in [-0.3, -0.25) is 9.78 Å². The Hall–Kier alpha value is -2.77. The number of nitrogens with zero attached hydrogens (tertiary/aromatic N) is 2. The van der Waals surface area contributed by atoms with Crippen LogP contribution in [0.5, 0.6) is 5.75 Å². The number of hydrogen-bond acceptors (Lipinski definition) is 5. The molecule has 1 saturated heterocycles. The Kier molecular flexibility index (Phi) is 5.11. The molecule has 0 atom stereocenters. The SMILES string of the molecule is O=C(Oc1cccc2cccnc12)C1CCN(S(=O)(=O)c2ccccc2)CC1. The van der Waals surface area contributed by atoms with Crippen LogP contribution in [0.3, 0.4) is 0 Å². The Morgan fingerprint density at radius 1 is 0.964 bits per heavy atom. The summed E-state index contributed by atoms with van der Waals surface area (Å²) < 4.78 is 32.4. The summed E-state index contributed by atoms with van der Waals surface area (Å²) >= 11 is 0. The normalized spacial score (nSPS) is 16.1. The fourth-order valence-electron chi connectivity index (χ4n) is 3.42. The van der Waals surface area contributed by atoms with Crippen molar-refractivity contribution in [1.82, 2.24) is 9.29 Å². The Morgan fingerprint density at radius 2 is 1.68 bits per heavy atom. The van der Waals surface area contributed by atoms with Crippen molar-refractivity contribution < 1.29 is 17.9 Å². The zero-order valence-electron chi connectivity index (χ0n) is 15.2. The van der Waals surface area contributed by atoms with Crippen molar-refractivity contribution in [3.05, 3.63) is 66.9 Å². The first kappa shape index (κ1) is 18.6. The van der Waals surface area contributed by atoms with Crippen LogP contribution in [0.1, 0.15) is 12.8 Å². The number of hydrogen-bond donors (Lipinski definition) is 0. The van der Waals surface area contributed by atoms with Gasteiger partial charge in [-0.15, -0.1) is 0 Å². The van der Waals surface area contributed by atoms with E-state index in [2.05, 4.69) is 4.98 Å². The average molecular weight is 396 g/mol. The van der Waals surface area contributed by atoms with Gasteiger partial charge in [-0.2, -0.15) is 4.31 Å². The summed E-state index contributed by atoms with van der Waals surface area (Å²) in [6.45, 7) is 0.593. The van der Waals surface area contributed by atoms with E-state index in [9.17, 15) is 13.2 Å². The lowest BCUT2D eigenvalue weighted by molar-refractivity contribution is -0.140. The summed E-state index contributed by atoms with van der Waals surface area (Å²) in [4.78, 5) is 17.2. The van der Waals surface area contributed by atoms with Crippen LogP contribution >= 0.6 is 0 Å². The van der Waals surface area contributed by atoms with E-state index in [1.807, 2.05) is 24.3 Å². The van der Waals surface area contributed by atoms with E-state index in [0.29, 0.717) is 37.2 Å². The molecule has 144 valence electrons. The van der Waals surface area contributed by atoms with E-state index in [0.717, 1.165) is 5.39 Å². The first-order valence-corrected chi connectivity index (χ1v) is 10.6. The molecule has 1 fully saturated rings. The highest BCUT2D eigenvalue weighted by Crippen LogP contribution is 2.27. The first-order valence-electron chi connectivity index (χ1n) is 9.16. The zero-order valence-corrected chi connectivity index (χ0v) is 16.0. The van der Waals surface area contributed by atoms with Crippen LogP contribution < -0.4 is 4.74 Å². The maximum Gasteiger partial charge on any atom is 0.314 e. The second kappa shape index (κ2) is 7.69. The van der Waals surface area contributed by atoms with Gasteiger partial charge in [0.1, 0.15) is 5.52 Å². The summed E-state index contributed by atoms with van der Waals surface area (Å²) in [7, 11) is -3.53. The number of sulfonamides is 1. The molecule has 0 radical (unpaired) electrons. The van der Waals surface area contributed by atoms with E-state index in [1.54, 1.807) is 42.6 Å². The molecule has 1 aliphatic heterocycles. The van der Waals surface area contributed by atoms with E-state index < -0.39 is 10.0 Å². The second-order valence-electron chi connectivity index (χ2n) is 6.74. The quantitative estimate of drug-likeness (QED) is 0.500. The first-order chi connectivity index (χ1) is 13.6. The van der Waals surface area contributed by atoms with Crippen LogP contribution in [0.15, 0.2) is 71.8 Å². The van der Waals surface area contributed by atoms with Gasteiger partial charge in [-0.1, -0.05) is 36.4 Å². The number of piperidine rings is 1. The molecule has 0 bridgehead atoms. The standard InChI is InChI=1S/C21H20N2O4S/c24-21(27-19-10-4-6-16-7-5-13-22-20(16)19)17-11-14-23(15-12-17)28(25,26)18-8-2-1-3-9-18/h1-10,13,17H,11-12,14-15H2. The summed E-state index contributed by atoms with van der Waals surface area (Å²) in [6, 6.07) is 17.6. The molecule has 6 nitrogen and oxygen atoms in total. The number of esters is 1. The van der Waals surface area contributed by atoms with Crippen LogP contribution in [0.25, 0.3) is 10.9 Å². The van der Waals surface area contributed by atoms with Crippen molar-refractivity contribution in [1.29, 1.82) is 0 Å². The van der Waals surface area contributed by atoms with E-state index in [1.165, 1.54) is 4.31 Å². The molecule has 2 heterocycles. The summed E-state index contributed by atoms with van der Waals surface area (Å²) in [6.07, 6.45) is 2.53. The van der Waals surface area contributed by atoms with Crippen molar-refractivity contribution in [3.8, 4) is 5.75 Å². The number of rotatable bonds is 4. The largest absolute Gasteiger partial charge is 0.424 e. The summed E-state index contributed by atoms with van der Waals surface area (Å²) in [5.74, 6) is -0.237. The van der Waals surface area contributed by atoms with Gasteiger partial charge in [0.15, 0.2) is 5.75 Å². The fourth-order valence-corrected chi connectivity index (χ4v) is 4.91. The van der Waals surface area contributed by atoms with Crippen LogP contribution in [0.2, 0.25) is 0 Å². The number of ether oxygens (including phenoxy) is 1. The number of fused-ring (bicyclic) bond motifs is 1. The summed E-state index contributed by atoms with van der Waals surface area (Å²) in [5.41, 5.74) is 0.641. The van der Waals surface area contributed by atoms with Gasteiger partial charge in [0.05, 0.1) is 10.8 Å². The van der Waals surface area contributed by atoms with E-state index in [-0.39, 0.29) is 16.8 Å². The van der Waals surface area contributed by atoms with Gasteiger partial charge in [0.2, 0.25) is 10.0 Å². The topological polar surface area (TPSA) is 76.6 Å². The van der Waals surface area contributed by atoms with Crippen LogP contribution in [0.4, 0.5) is 0 Å². The predicted molar refractivity (Wildman–Crippen MR) is 105 cm³/mol. The lowest BCUT2D eigenvalue weighted by atomic mass is 9.98. The number of para-hydroxylation sites is 1. The summed E-state index contributed by atoms with van der Waals surface area (Å²) in [5, 5.41) is 0.900. The fraction of sp³-hybridized carbons (Fsp3) is 0.238. The van der Waals surface area contributed by atoms with Gasteiger partial charge in [0.25, 0.3) is 0 Å². The molecule has 0 saturated carbocycles. The molecule has 1 aliphatic rings. The monoisotopic (exact) mass is 396 g/mol. The predicted octanol–water partition coefficient (Wildman–Crippen LogP) is 3.24. The minimum atomic E-state index is -3.53. The molecule has 2 aromatic carbocycles. The number of carbonyl (C=O) groups is 1. The Bertz CT molecular complexity index is 1090. The highest BCUT2D eigenvalue weighted by Gasteiger charge is 2.33. The molecule has 1 aromatic heterocycles. The van der Waals surface area contributed by atoms with Crippen LogP contribution in [0, 0.1) is 5.92 Å². The van der Waals surface area contributed by atoms with Crippen molar-refractivity contribution >= 4 is 26.9 Å². The molecule has 7 heteroatoms. The second-order valence-corrected chi connectivity index (χ2v) is 8.68. The van der Waals surface area contributed by atoms with Gasteiger partial charge < -0.3 is 4.74 Å². The van der Waals surface area contributed by atoms with E-state index >= 15 is 0 Å².